The van der Waals surface area contributed by atoms with Crippen LogP contribution in [0.4, 0.5) is 10.2 Å². The Kier molecular flexibility index (Phi) is 7.24. The minimum absolute atomic E-state index is 0.0561. The Morgan fingerprint density at radius 2 is 1.76 bits per heavy atom. The smallest absolute Gasteiger partial charge is 0.257 e. The Hall–Kier alpha value is -3.48. The molecular formula is C27H33FN4O2. The third-order valence-electron chi connectivity index (χ3n) is 5.85. The Balaban J connectivity index is 1.92. The zero-order chi connectivity index (χ0) is 25.2. The van der Waals surface area contributed by atoms with Crippen LogP contribution in [-0.2, 0) is 10.2 Å². The monoisotopic (exact) mass is 464 g/mol. The number of carbonyl (C=O) groups is 2. The van der Waals surface area contributed by atoms with Crippen molar-refractivity contribution >= 4 is 17.6 Å². The third kappa shape index (κ3) is 5.35. The van der Waals surface area contributed by atoms with Crippen molar-refractivity contribution in [2.24, 2.45) is 0 Å². The maximum absolute atomic E-state index is 14.2. The lowest BCUT2D eigenvalue weighted by atomic mass is 9.92. The van der Waals surface area contributed by atoms with Gasteiger partial charge in [-0.2, -0.15) is 5.10 Å². The average molecular weight is 465 g/mol. The molecule has 0 aliphatic heterocycles. The van der Waals surface area contributed by atoms with E-state index in [9.17, 15) is 14.0 Å². The van der Waals surface area contributed by atoms with E-state index in [1.165, 1.54) is 23.1 Å². The van der Waals surface area contributed by atoms with E-state index in [0.717, 1.165) is 22.5 Å². The molecule has 1 N–H and O–H groups in total. The lowest BCUT2D eigenvalue weighted by Gasteiger charge is -2.26. The summed E-state index contributed by atoms with van der Waals surface area (Å²) >= 11 is 0. The summed E-state index contributed by atoms with van der Waals surface area (Å²) in [6.45, 7) is 13.6. The second kappa shape index (κ2) is 9.79. The van der Waals surface area contributed by atoms with Crippen LogP contribution in [0.3, 0.4) is 0 Å². The van der Waals surface area contributed by atoms with Crippen molar-refractivity contribution in [3.8, 4) is 5.69 Å². The Morgan fingerprint density at radius 1 is 1.09 bits per heavy atom. The molecule has 0 aliphatic rings. The van der Waals surface area contributed by atoms with E-state index in [4.69, 9.17) is 5.10 Å². The molecule has 0 unspecified atom stereocenters. The molecule has 3 rings (SSSR count). The number of nitrogens with zero attached hydrogens (tertiary/aromatic N) is 3. The van der Waals surface area contributed by atoms with Crippen LogP contribution in [0.1, 0.15) is 61.8 Å². The fourth-order valence-corrected chi connectivity index (χ4v) is 3.60. The number of nitrogens with one attached hydrogen (secondary N) is 1. The molecule has 0 spiro atoms. The Morgan fingerprint density at radius 3 is 2.38 bits per heavy atom. The van der Waals surface area contributed by atoms with Crippen LogP contribution in [0.25, 0.3) is 5.69 Å². The highest BCUT2D eigenvalue weighted by atomic mass is 19.1. The second-order valence-electron chi connectivity index (χ2n) is 9.85. The lowest BCUT2D eigenvalue weighted by molar-refractivity contribution is -0.117. The molecule has 0 bridgehead atoms. The Labute approximate surface area is 200 Å². The van der Waals surface area contributed by atoms with Crippen LogP contribution in [0.5, 0.6) is 0 Å². The SMILES string of the molecule is Cc1cccc(-n2nc(C(C)(C)C)cc2NC(=O)CN(C(=O)c2ccccc2F)C(C)C)c1C. The van der Waals surface area contributed by atoms with Crippen molar-refractivity contribution in [1.82, 2.24) is 14.7 Å². The highest BCUT2D eigenvalue weighted by Crippen LogP contribution is 2.28. The number of amides is 2. The van der Waals surface area contributed by atoms with Gasteiger partial charge in [-0.3, -0.25) is 9.59 Å². The van der Waals surface area contributed by atoms with Crippen LogP contribution in [-0.4, -0.2) is 39.1 Å². The number of hydrogen-bond donors (Lipinski definition) is 1. The van der Waals surface area contributed by atoms with Gasteiger partial charge in [-0.05, 0) is 57.0 Å². The summed E-state index contributed by atoms with van der Waals surface area (Å²) in [6, 6.07) is 13.3. The Bertz CT molecular complexity index is 1210. The van der Waals surface area contributed by atoms with Gasteiger partial charge in [0.25, 0.3) is 5.91 Å². The molecule has 0 aliphatic carbocycles. The normalized spacial score (nSPS) is 11.6. The van der Waals surface area contributed by atoms with Crippen LogP contribution in [0.2, 0.25) is 0 Å². The van der Waals surface area contributed by atoms with Gasteiger partial charge in [0, 0.05) is 17.5 Å². The summed E-state index contributed by atoms with van der Waals surface area (Å²) < 4.78 is 15.9. The van der Waals surface area contributed by atoms with E-state index >= 15 is 0 Å². The zero-order valence-electron chi connectivity index (χ0n) is 20.9. The molecule has 1 heterocycles. The molecule has 0 radical (unpaired) electrons. The first-order valence-electron chi connectivity index (χ1n) is 11.4. The first kappa shape index (κ1) is 25.1. The average Bonchev–Trinajstić information content (AvgIpc) is 3.17. The number of carbonyl (C=O) groups excluding carboxylic acids is 2. The first-order chi connectivity index (χ1) is 15.9. The van der Waals surface area contributed by atoms with Crippen molar-refractivity contribution < 1.29 is 14.0 Å². The quantitative estimate of drug-likeness (QED) is 0.530. The standard InChI is InChI=1S/C27H33FN4O2/c1-17(2)31(26(34)20-12-8-9-13-21(20)28)16-25(33)29-24-15-23(27(5,6)7)30-32(24)22-14-10-11-18(3)19(22)4/h8-15,17H,16H2,1-7H3,(H,29,33). The number of aryl methyl sites for hydroxylation is 1. The molecule has 0 saturated heterocycles. The molecule has 3 aromatic rings. The number of hydrogen-bond acceptors (Lipinski definition) is 3. The maximum Gasteiger partial charge on any atom is 0.257 e. The van der Waals surface area contributed by atoms with Gasteiger partial charge in [-0.1, -0.05) is 45.0 Å². The largest absolute Gasteiger partial charge is 0.327 e. The van der Waals surface area contributed by atoms with Gasteiger partial charge in [0.15, 0.2) is 0 Å². The number of halogens is 1. The number of anilines is 1. The lowest BCUT2D eigenvalue weighted by Crippen LogP contribution is -2.42. The summed E-state index contributed by atoms with van der Waals surface area (Å²) in [4.78, 5) is 27.5. The van der Waals surface area contributed by atoms with Crippen molar-refractivity contribution in [1.29, 1.82) is 0 Å². The van der Waals surface area contributed by atoms with Gasteiger partial charge < -0.3 is 10.2 Å². The minimum atomic E-state index is -0.610. The van der Waals surface area contributed by atoms with Crippen LogP contribution >= 0.6 is 0 Å². The van der Waals surface area contributed by atoms with Crippen LogP contribution in [0, 0.1) is 19.7 Å². The van der Waals surface area contributed by atoms with Gasteiger partial charge in [0.2, 0.25) is 5.91 Å². The summed E-state index contributed by atoms with van der Waals surface area (Å²) in [5, 5.41) is 7.72. The fraction of sp³-hybridized carbons (Fsp3) is 0.370. The predicted octanol–water partition coefficient (Wildman–Crippen LogP) is 5.42. The maximum atomic E-state index is 14.2. The van der Waals surface area contributed by atoms with E-state index in [-0.39, 0.29) is 29.5 Å². The summed E-state index contributed by atoms with van der Waals surface area (Å²) in [6.07, 6.45) is 0. The molecule has 0 fully saturated rings. The molecule has 1 aromatic heterocycles. The molecule has 0 saturated carbocycles. The van der Waals surface area contributed by atoms with Crippen molar-refractivity contribution in [3.05, 3.63) is 76.7 Å². The summed E-state index contributed by atoms with van der Waals surface area (Å²) in [7, 11) is 0. The summed E-state index contributed by atoms with van der Waals surface area (Å²) in [5.74, 6) is -1.00. The molecule has 2 aromatic carbocycles. The van der Waals surface area contributed by atoms with Crippen molar-refractivity contribution in [2.45, 2.75) is 59.9 Å². The molecule has 6 nitrogen and oxygen atoms in total. The van der Waals surface area contributed by atoms with Gasteiger partial charge in [0.1, 0.15) is 18.2 Å². The number of benzene rings is 2. The van der Waals surface area contributed by atoms with Crippen molar-refractivity contribution in [3.63, 3.8) is 0 Å². The van der Waals surface area contributed by atoms with Crippen molar-refractivity contribution in [2.75, 3.05) is 11.9 Å². The van der Waals surface area contributed by atoms with E-state index in [1.54, 1.807) is 24.6 Å². The van der Waals surface area contributed by atoms with Gasteiger partial charge in [-0.15, -0.1) is 0 Å². The second-order valence-corrected chi connectivity index (χ2v) is 9.85. The van der Waals surface area contributed by atoms with E-state index in [0.29, 0.717) is 5.82 Å². The molecule has 180 valence electrons. The molecule has 7 heteroatoms. The van der Waals surface area contributed by atoms with E-state index < -0.39 is 11.7 Å². The zero-order valence-corrected chi connectivity index (χ0v) is 20.9. The first-order valence-corrected chi connectivity index (χ1v) is 11.4. The number of rotatable bonds is 6. The predicted molar refractivity (Wildman–Crippen MR) is 133 cm³/mol. The van der Waals surface area contributed by atoms with Gasteiger partial charge in [0.05, 0.1) is 16.9 Å². The van der Waals surface area contributed by atoms with Gasteiger partial charge in [-0.25, -0.2) is 9.07 Å². The third-order valence-corrected chi connectivity index (χ3v) is 5.85. The topological polar surface area (TPSA) is 67.2 Å². The highest BCUT2D eigenvalue weighted by Gasteiger charge is 2.26. The number of aromatic nitrogens is 2. The fourth-order valence-electron chi connectivity index (χ4n) is 3.60. The van der Waals surface area contributed by atoms with Gasteiger partial charge >= 0.3 is 0 Å². The molecule has 34 heavy (non-hydrogen) atoms. The summed E-state index contributed by atoms with van der Waals surface area (Å²) in [5.41, 5.74) is 3.58. The molecule has 0 atom stereocenters. The van der Waals surface area contributed by atoms with Crippen LogP contribution < -0.4 is 5.32 Å². The highest BCUT2D eigenvalue weighted by molar-refractivity contribution is 5.99. The van der Waals surface area contributed by atoms with E-state index in [1.807, 2.05) is 38.1 Å². The van der Waals surface area contributed by atoms with E-state index in [2.05, 4.69) is 26.1 Å². The van der Waals surface area contributed by atoms with Crippen LogP contribution in [0.15, 0.2) is 48.5 Å². The minimum Gasteiger partial charge on any atom is -0.327 e. The molecule has 2 amide bonds. The molecular weight excluding hydrogens is 431 g/mol.